The Morgan fingerprint density at radius 1 is 0.327 bits per heavy atom. The van der Waals surface area contributed by atoms with Crippen LogP contribution in [0.15, 0.2) is 187 Å². The average molecular weight is 726 g/mol. The first-order valence-corrected chi connectivity index (χ1v) is 19.5. The second kappa shape index (κ2) is 11.7. The van der Waals surface area contributed by atoms with Crippen LogP contribution in [0.2, 0.25) is 0 Å². The Morgan fingerprint density at radius 3 is 1.38 bits per heavy atom. The van der Waals surface area contributed by atoms with Crippen molar-refractivity contribution in [1.82, 2.24) is 0 Å². The summed E-state index contributed by atoms with van der Waals surface area (Å²) in [7, 11) is 0. The molecule has 0 amide bonds. The van der Waals surface area contributed by atoms with Gasteiger partial charge in [-0.05, 0) is 0 Å². The minimum absolute atomic E-state index is 0.122. The van der Waals surface area contributed by atoms with Crippen molar-refractivity contribution in [1.29, 1.82) is 0 Å². The van der Waals surface area contributed by atoms with Gasteiger partial charge in [0.05, 0.1) is 0 Å². The Hall–Kier alpha value is -6.18. The SMILES string of the molecule is c1ccc(-c2c3ccccc3c(-c3cccc4c3[se]c3cc(-c5c6ccccc6c(-c6ccco6)c6ccccc56)ccc34)c3ccccc23)cc1. The molecule has 52 heavy (non-hydrogen) atoms. The third kappa shape index (κ3) is 4.36. The number of furan rings is 1. The van der Waals surface area contributed by atoms with E-state index in [2.05, 4.69) is 170 Å². The summed E-state index contributed by atoms with van der Waals surface area (Å²) in [6.45, 7) is 0. The van der Waals surface area contributed by atoms with Gasteiger partial charge in [-0.2, -0.15) is 0 Å². The number of hydrogen-bond acceptors (Lipinski definition) is 1. The second-order valence-electron chi connectivity index (χ2n) is 13.5. The van der Waals surface area contributed by atoms with Gasteiger partial charge in [-0.3, -0.25) is 0 Å². The summed E-state index contributed by atoms with van der Waals surface area (Å²) in [5.41, 5.74) is 8.94. The van der Waals surface area contributed by atoms with Crippen LogP contribution in [0.5, 0.6) is 0 Å². The first kappa shape index (κ1) is 29.5. The Balaban J connectivity index is 1.18. The van der Waals surface area contributed by atoms with Crippen molar-refractivity contribution < 1.29 is 4.42 Å². The van der Waals surface area contributed by atoms with Gasteiger partial charge in [0, 0.05) is 0 Å². The van der Waals surface area contributed by atoms with Gasteiger partial charge in [-0.1, -0.05) is 0 Å². The van der Waals surface area contributed by atoms with Gasteiger partial charge in [0.25, 0.3) is 0 Å². The van der Waals surface area contributed by atoms with E-state index in [9.17, 15) is 0 Å². The van der Waals surface area contributed by atoms with Crippen molar-refractivity contribution in [3.05, 3.63) is 182 Å². The summed E-state index contributed by atoms with van der Waals surface area (Å²) < 4.78 is 8.91. The molecule has 0 aliphatic heterocycles. The molecule has 11 aromatic rings. The van der Waals surface area contributed by atoms with E-state index in [1.165, 1.54) is 95.8 Å². The van der Waals surface area contributed by atoms with E-state index in [0.717, 1.165) is 11.3 Å². The molecule has 0 saturated carbocycles. The number of rotatable bonds is 4. The molecular weight excluding hydrogens is 696 g/mol. The summed E-state index contributed by atoms with van der Waals surface area (Å²) in [5, 5.41) is 12.8. The average Bonchev–Trinajstić information content (AvgIpc) is 3.88. The predicted molar refractivity (Wildman–Crippen MR) is 222 cm³/mol. The zero-order chi connectivity index (χ0) is 34.2. The van der Waals surface area contributed by atoms with E-state index in [-0.39, 0.29) is 14.5 Å². The van der Waals surface area contributed by atoms with E-state index in [4.69, 9.17) is 4.42 Å². The first-order chi connectivity index (χ1) is 25.8. The van der Waals surface area contributed by atoms with Gasteiger partial charge in [-0.15, -0.1) is 0 Å². The summed E-state index contributed by atoms with van der Waals surface area (Å²) in [6, 6.07) is 64.6. The number of hydrogen-bond donors (Lipinski definition) is 0. The van der Waals surface area contributed by atoms with Crippen molar-refractivity contribution in [2.75, 3.05) is 0 Å². The van der Waals surface area contributed by atoms with Crippen LogP contribution < -0.4 is 0 Å². The molecule has 0 spiro atoms. The summed E-state index contributed by atoms with van der Waals surface area (Å²) >= 11 is 0.122. The molecule has 2 heterocycles. The maximum atomic E-state index is 6.01. The summed E-state index contributed by atoms with van der Waals surface area (Å²) in [6.07, 6.45) is 1.77. The van der Waals surface area contributed by atoms with Crippen molar-refractivity contribution in [3.8, 4) is 44.7 Å². The molecule has 9 aromatic carbocycles. The zero-order valence-electron chi connectivity index (χ0n) is 28.1. The van der Waals surface area contributed by atoms with Crippen molar-refractivity contribution in [2.45, 2.75) is 0 Å². The fraction of sp³-hybridized carbons (Fsp3) is 0. The van der Waals surface area contributed by atoms with Crippen LogP contribution in [0.3, 0.4) is 0 Å². The van der Waals surface area contributed by atoms with Crippen molar-refractivity contribution in [2.24, 2.45) is 0 Å². The predicted octanol–water partition coefficient (Wildman–Crippen LogP) is 13.9. The van der Waals surface area contributed by atoms with Crippen molar-refractivity contribution in [3.63, 3.8) is 0 Å². The van der Waals surface area contributed by atoms with E-state index in [1.54, 1.807) is 6.26 Å². The standard InChI is InChI=1S/C50H30OSe/c1-2-14-31(15-3-1)46-34-16-4-8-20-38(34)48(39-21-9-5-17-35(39)46)43-25-12-24-42-33-28-27-32(30-45(33)52-50(42)43)47-36-18-6-10-22-40(36)49(44-26-13-29-51-44)41-23-11-7-19-37(41)47/h1-30H. The van der Waals surface area contributed by atoms with Gasteiger partial charge >= 0.3 is 308 Å². The van der Waals surface area contributed by atoms with Gasteiger partial charge in [-0.25, -0.2) is 0 Å². The van der Waals surface area contributed by atoms with Crippen LogP contribution in [0, 0.1) is 0 Å². The quantitative estimate of drug-likeness (QED) is 0.130. The van der Waals surface area contributed by atoms with Crippen LogP contribution in [-0.2, 0) is 0 Å². The molecule has 0 saturated heterocycles. The molecule has 0 aliphatic carbocycles. The van der Waals surface area contributed by atoms with Gasteiger partial charge in [0.2, 0.25) is 0 Å². The molecule has 242 valence electrons. The van der Waals surface area contributed by atoms with Gasteiger partial charge < -0.3 is 0 Å². The minimum atomic E-state index is 0.122. The molecule has 0 aliphatic rings. The molecule has 1 nitrogen and oxygen atoms in total. The molecule has 0 radical (unpaired) electrons. The normalized spacial score (nSPS) is 11.8. The molecule has 0 bridgehead atoms. The molecule has 0 fully saturated rings. The van der Waals surface area contributed by atoms with Crippen molar-refractivity contribution >= 4 is 76.9 Å². The Morgan fingerprint density at radius 2 is 0.827 bits per heavy atom. The molecule has 2 aromatic heterocycles. The third-order valence-electron chi connectivity index (χ3n) is 10.7. The Bertz CT molecular complexity index is 3050. The molecule has 0 atom stereocenters. The molecule has 11 rings (SSSR count). The van der Waals surface area contributed by atoms with Crippen LogP contribution in [0.25, 0.3) is 107 Å². The Kier molecular flexibility index (Phi) is 6.64. The molecular formula is C50H30OSe. The fourth-order valence-electron chi connectivity index (χ4n) is 8.61. The van der Waals surface area contributed by atoms with Crippen LogP contribution >= 0.6 is 0 Å². The molecule has 0 N–H and O–H groups in total. The van der Waals surface area contributed by atoms with E-state index in [1.807, 2.05) is 6.07 Å². The second-order valence-corrected chi connectivity index (χ2v) is 15.7. The zero-order valence-corrected chi connectivity index (χ0v) is 29.9. The van der Waals surface area contributed by atoms with Gasteiger partial charge in [0.1, 0.15) is 0 Å². The van der Waals surface area contributed by atoms with Gasteiger partial charge in [0.15, 0.2) is 0 Å². The maximum absolute atomic E-state index is 6.01. The Labute approximate surface area is 306 Å². The summed E-state index contributed by atoms with van der Waals surface area (Å²) in [4.78, 5) is 0. The monoisotopic (exact) mass is 726 g/mol. The van der Waals surface area contributed by atoms with Crippen LogP contribution in [-0.4, -0.2) is 14.5 Å². The topological polar surface area (TPSA) is 13.1 Å². The number of benzene rings is 9. The molecule has 2 heteroatoms. The first-order valence-electron chi connectivity index (χ1n) is 17.8. The molecule has 0 unspecified atom stereocenters. The third-order valence-corrected chi connectivity index (χ3v) is 13.3. The van der Waals surface area contributed by atoms with E-state index >= 15 is 0 Å². The van der Waals surface area contributed by atoms with E-state index in [0.29, 0.717) is 0 Å². The van der Waals surface area contributed by atoms with E-state index < -0.39 is 0 Å². The summed E-state index contributed by atoms with van der Waals surface area (Å²) in [5.74, 6) is 0.899. The van der Waals surface area contributed by atoms with Crippen LogP contribution in [0.4, 0.5) is 0 Å². The van der Waals surface area contributed by atoms with Crippen LogP contribution in [0.1, 0.15) is 0 Å². The fourth-order valence-corrected chi connectivity index (χ4v) is 11.3. The number of fused-ring (bicyclic) bond motifs is 7.